The smallest absolute Gasteiger partial charge is 0.0625 e. The van der Waals surface area contributed by atoms with Gasteiger partial charge in [0.15, 0.2) is 0 Å². The Hall–Kier alpha value is -0.570. The molecule has 17 heavy (non-hydrogen) atoms. The average molecular weight is 256 g/mol. The molecule has 2 nitrogen and oxygen atoms in total. The molecule has 1 aromatic rings. The van der Waals surface area contributed by atoms with E-state index in [0.717, 1.165) is 12.0 Å². The minimum Gasteiger partial charge on any atom is -0.392 e. The third-order valence-electron chi connectivity index (χ3n) is 2.82. The number of halogens is 1. The van der Waals surface area contributed by atoms with Crippen LogP contribution in [0.25, 0.3) is 0 Å². The number of rotatable bonds is 4. The molecule has 2 atom stereocenters. The highest BCUT2D eigenvalue weighted by atomic mass is 35.5. The first-order valence-corrected chi connectivity index (χ1v) is 6.35. The van der Waals surface area contributed by atoms with Gasteiger partial charge in [-0.05, 0) is 29.5 Å². The number of benzene rings is 1. The number of hydrogen-bond donors (Lipinski definition) is 2. The standard InChI is InChI=1S/C14H22ClNO/c1-14(2,3)8-13(17)12(9-16)10-5-4-6-11(15)7-10/h4-7,12-13,17H,8-9,16H2,1-3H3. The summed E-state index contributed by atoms with van der Waals surface area (Å²) in [7, 11) is 0. The highest BCUT2D eigenvalue weighted by Crippen LogP contribution is 2.29. The molecule has 0 radical (unpaired) electrons. The van der Waals surface area contributed by atoms with Gasteiger partial charge < -0.3 is 10.8 Å². The van der Waals surface area contributed by atoms with E-state index < -0.39 is 6.10 Å². The van der Waals surface area contributed by atoms with Gasteiger partial charge in [0.05, 0.1) is 6.10 Å². The molecule has 0 aliphatic carbocycles. The molecule has 0 heterocycles. The first kappa shape index (κ1) is 14.5. The summed E-state index contributed by atoms with van der Waals surface area (Å²) in [4.78, 5) is 0. The fraction of sp³-hybridized carbons (Fsp3) is 0.571. The average Bonchev–Trinajstić information content (AvgIpc) is 2.15. The largest absolute Gasteiger partial charge is 0.392 e. The molecule has 2 unspecified atom stereocenters. The Kier molecular flexibility index (Phi) is 4.99. The molecule has 0 aliphatic rings. The molecule has 0 aromatic heterocycles. The Morgan fingerprint density at radius 3 is 2.47 bits per heavy atom. The minimum absolute atomic E-state index is 0.0482. The van der Waals surface area contributed by atoms with Crippen LogP contribution in [0, 0.1) is 5.41 Å². The summed E-state index contributed by atoms with van der Waals surface area (Å²) < 4.78 is 0. The maximum Gasteiger partial charge on any atom is 0.0625 e. The van der Waals surface area contributed by atoms with Crippen molar-refractivity contribution in [2.45, 2.75) is 39.2 Å². The van der Waals surface area contributed by atoms with E-state index in [4.69, 9.17) is 17.3 Å². The van der Waals surface area contributed by atoms with Gasteiger partial charge in [0.25, 0.3) is 0 Å². The van der Waals surface area contributed by atoms with Crippen molar-refractivity contribution >= 4 is 11.6 Å². The van der Waals surface area contributed by atoms with Crippen molar-refractivity contribution in [3.05, 3.63) is 34.9 Å². The molecule has 1 rings (SSSR count). The molecule has 0 spiro atoms. The molecule has 0 amide bonds. The van der Waals surface area contributed by atoms with Gasteiger partial charge in [-0.3, -0.25) is 0 Å². The molecule has 96 valence electrons. The van der Waals surface area contributed by atoms with E-state index in [1.54, 1.807) is 0 Å². The lowest BCUT2D eigenvalue weighted by Crippen LogP contribution is -2.29. The quantitative estimate of drug-likeness (QED) is 0.868. The third-order valence-corrected chi connectivity index (χ3v) is 3.05. The molecule has 0 saturated carbocycles. The van der Waals surface area contributed by atoms with E-state index >= 15 is 0 Å². The summed E-state index contributed by atoms with van der Waals surface area (Å²) in [6, 6.07) is 7.57. The number of aliphatic hydroxyl groups is 1. The minimum atomic E-state index is -0.432. The van der Waals surface area contributed by atoms with Crippen molar-refractivity contribution in [2.75, 3.05) is 6.54 Å². The summed E-state index contributed by atoms with van der Waals surface area (Å²) in [5.74, 6) is -0.0482. The van der Waals surface area contributed by atoms with Crippen molar-refractivity contribution in [2.24, 2.45) is 11.1 Å². The Morgan fingerprint density at radius 2 is 2.00 bits per heavy atom. The highest BCUT2D eigenvalue weighted by Gasteiger charge is 2.25. The monoisotopic (exact) mass is 255 g/mol. The van der Waals surface area contributed by atoms with Crippen LogP contribution < -0.4 is 5.73 Å². The van der Waals surface area contributed by atoms with Gasteiger partial charge in [-0.25, -0.2) is 0 Å². The molecular formula is C14H22ClNO. The Labute approximate surface area is 109 Å². The molecule has 3 N–H and O–H groups in total. The first-order chi connectivity index (χ1) is 7.83. The summed E-state index contributed by atoms with van der Waals surface area (Å²) in [5, 5.41) is 10.9. The van der Waals surface area contributed by atoms with Gasteiger partial charge in [-0.15, -0.1) is 0 Å². The number of nitrogens with two attached hydrogens (primary N) is 1. The lowest BCUT2D eigenvalue weighted by Gasteiger charge is -2.28. The van der Waals surface area contributed by atoms with Gasteiger partial charge in [0.2, 0.25) is 0 Å². The Bertz CT molecular complexity index is 359. The maximum absolute atomic E-state index is 10.3. The summed E-state index contributed by atoms with van der Waals surface area (Å²) in [6.45, 7) is 6.77. The normalized spacial score (nSPS) is 15.6. The third kappa shape index (κ3) is 4.66. The highest BCUT2D eigenvalue weighted by molar-refractivity contribution is 6.30. The lowest BCUT2D eigenvalue weighted by molar-refractivity contribution is 0.0972. The van der Waals surface area contributed by atoms with Gasteiger partial charge in [-0.1, -0.05) is 44.5 Å². The summed E-state index contributed by atoms with van der Waals surface area (Å²) in [5.41, 5.74) is 6.87. The zero-order valence-electron chi connectivity index (χ0n) is 10.8. The summed E-state index contributed by atoms with van der Waals surface area (Å²) >= 11 is 5.96. The van der Waals surface area contributed by atoms with Crippen LogP contribution in [0.4, 0.5) is 0 Å². The van der Waals surface area contributed by atoms with Crippen LogP contribution in [-0.2, 0) is 0 Å². The van der Waals surface area contributed by atoms with Crippen molar-refractivity contribution in [3.63, 3.8) is 0 Å². The van der Waals surface area contributed by atoms with Gasteiger partial charge in [0.1, 0.15) is 0 Å². The van der Waals surface area contributed by atoms with Gasteiger partial charge >= 0.3 is 0 Å². The molecule has 1 aromatic carbocycles. The van der Waals surface area contributed by atoms with Crippen molar-refractivity contribution in [1.82, 2.24) is 0 Å². The second kappa shape index (κ2) is 5.85. The number of aliphatic hydroxyl groups excluding tert-OH is 1. The number of hydrogen-bond acceptors (Lipinski definition) is 2. The fourth-order valence-electron chi connectivity index (χ4n) is 2.02. The zero-order chi connectivity index (χ0) is 13.1. The van der Waals surface area contributed by atoms with Crippen LogP contribution in [0.5, 0.6) is 0 Å². The molecule has 0 bridgehead atoms. The molecule has 0 fully saturated rings. The van der Waals surface area contributed by atoms with Crippen molar-refractivity contribution in [3.8, 4) is 0 Å². The van der Waals surface area contributed by atoms with Crippen molar-refractivity contribution < 1.29 is 5.11 Å². The Morgan fingerprint density at radius 1 is 1.35 bits per heavy atom. The molecule has 3 heteroatoms. The van der Waals surface area contributed by atoms with E-state index in [2.05, 4.69) is 20.8 Å². The Balaban J connectivity index is 2.84. The second-order valence-electron chi connectivity index (χ2n) is 5.73. The van der Waals surface area contributed by atoms with E-state index in [9.17, 15) is 5.11 Å². The van der Waals surface area contributed by atoms with Crippen LogP contribution in [0.2, 0.25) is 5.02 Å². The maximum atomic E-state index is 10.3. The van der Waals surface area contributed by atoms with Crippen LogP contribution in [0.15, 0.2) is 24.3 Å². The topological polar surface area (TPSA) is 46.2 Å². The van der Waals surface area contributed by atoms with Crippen LogP contribution in [0.3, 0.4) is 0 Å². The van der Waals surface area contributed by atoms with Gasteiger partial charge in [0, 0.05) is 17.5 Å². The first-order valence-electron chi connectivity index (χ1n) is 5.97. The van der Waals surface area contributed by atoms with Gasteiger partial charge in [-0.2, -0.15) is 0 Å². The van der Waals surface area contributed by atoms with E-state index in [1.807, 2.05) is 24.3 Å². The predicted molar refractivity (Wildman–Crippen MR) is 73.3 cm³/mol. The van der Waals surface area contributed by atoms with Crippen LogP contribution >= 0.6 is 11.6 Å². The molecular weight excluding hydrogens is 234 g/mol. The van der Waals surface area contributed by atoms with Crippen LogP contribution in [0.1, 0.15) is 38.7 Å². The fourth-order valence-corrected chi connectivity index (χ4v) is 2.22. The van der Waals surface area contributed by atoms with E-state index in [-0.39, 0.29) is 11.3 Å². The van der Waals surface area contributed by atoms with Crippen molar-refractivity contribution in [1.29, 1.82) is 0 Å². The SMILES string of the molecule is CC(C)(C)CC(O)C(CN)c1cccc(Cl)c1. The van der Waals surface area contributed by atoms with E-state index in [0.29, 0.717) is 11.6 Å². The molecule has 0 saturated heterocycles. The predicted octanol–water partition coefficient (Wildman–Crippen LogP) is 3.18. The zero-order valence-corrected chi connectivity index (χ0v) is 11.5. The summed E-state index contributed by atoms with van der Waals surface area (Å²) in [6.07, 6.45) is 0.292. The van der Waals surface area contributed by atoms with Crippen LogP contribution in [-0.4, -0.2) is 17.8 Å². The lowest BCUT2D eigenvalue weighted by atomic mass is 9.82. The van der Waals surface area contributed by atoms with E-state index in [1.165, 1.54) is 0 Å². The second-order valence-corrected chi connectivity index (χ2v) is 6.17. The molecule has 0 aliphatic heterocycles.